The topological polar surface area (TPSA) is 87.1 Å². The number of nitrogens with zero attached hydrogens (tertiary/aromatic N) is 3. The molecule has 0 aliphatic rings. The van der Waals surface area contributed by atoms with Crippen LogP contribution < -0.4 is 11.2 Å². The Balaban J connectivity index is 3.52. The van der Waals surface area contributed by atoms with Gasteiger partial charge in [-0.25, -0.2) is 4.79 Å². The van der Waals surface area contributed by atoms with Crippen LogP contribution in [0.4, 0.5) is 5.69 Å². The molecule has 1 rings (SSSR count). The molecule has 0 spiro atoms. The average Bonchev–Trinajstić information content (AvgIpc) is 2.37. The molecule has 112 valence electrons. The summed E-state index contributed by atoms with van der Waals surface area (Å²) < 4.78 is 2.18. The Morgan fingerprint density at radius 2 is 2.00 bits per heavy atom. The highest BCUT2D eigenvalue weighted by Gasteiger charge is 2.24. The Kier molecular flexibility index (Phi) is 5.27. The molecule has 1 aromatic heterocycles. The lowest BCUT2D eigenvalue weighted by Gasteiger charge is -2.22. The molecule has 0 aliphatic carbocycles. The van der Waals surface area contributed by atoms with Gasteiger partial charge in [0.1, 0.15) is 0 Å². The number of halogens is 1. The van der Waals surface area contributed by atoms with E-state index in [0.29, 0.717) is 18.3 Å². The maximum atomic E-state index is 12.2. The van der Waals surface area contributed by atoms with Gasteiger partial charge in [-0.1, -0.05) is 36.7 Å². The van der Waals surface area contributed by atoms with Crippen LogP contribution in [0.5, 0.6) is 0 Å². The quantitative estimate of drug-likeness (QED) is 0.445. The molecule has 0 aliphatic heterocycles. The summed E-state index contributed by atoms with van der Waals surface area (Å²) >= 11 is 3.32. The van der Waals surface area contributed by atoms with Gasteiger partial charge >= 0.3 is 16.9 Å². The fraction of sp³-hybridized carbons (Fsp3) is 0.667. The van der Waals surface area contributed by atoms with Crippen LogP contribution in [0.3, 0.4) is 0 Å². The Hall–Kier alpha value is -1.44. The minimum Gasteiger partial charge on any atom is -0.293 e. The van der Waals surface area contributed by atoms with Gasteiger partial charge < -0.3 is 0 Å². The van der Waals surface area contributed by atoms with Crippen molar-refractivity contribution in [3.63, 3.8) is 0 Å². The minimum absolute atomic E-state index is 0.126. The van der Waals surface area contributed by atoms with E-state index in [-0.39, 0.29) is 12.0 Å². The zero-order chi connectivity index (χ0) is 15.5. The Morgan fingerprint density at radius 1 is 1.40 bits per heavy atom. The zero-order valence-electron chi connectivity index (χ0n) is 11.8. The lowest BCUT2D eigenvalue weighted by atomic mass is 9.97. The molecular weight excluding hydrogens is 330 g/mol. The number of aromatic nitrogens is 2. The van der Waals surface area contributed by atoms with E-state index in [9.17, 15) is 19.7 Å². The second-order valence-electron chi connectivity index (χ2n) is 5.44. The number of alkyl halides is 1. The molecule has 0 saturated heterocycles. The van der Waals surface area contributed by atoms with Gasteiger partial charge in [0.25, 0.3) is 0 Å². The first-order chi connectivity index (χ1) is 9.23. The predicted octanol–water partition coefficient (Wildman–Crippen LogP) is 1.75. The highest BCUT2D eigenvalue weighted by molar-refractivity contribution is 9.09. The van der Waals surface area contributed by atoms with E-state index < -0.39 is 21.9 Å². The molecule has 0 atom stereocenters. The highest BCUT2D eigenvalue weighted by Crippen LogP contribution is 2.19. The van der Waals surface area contributed by atoms with Crippen molar-refractivity contribution >= 4 is 21.6 Å². The van der Waals surface area contributed by atoms with Crippen LogP contribution in [0.15, 0.2) is 15.8 Å². The fourth-order valence-corrected chi connectivity index (χ4v) is 1.95. The van der Waals surface area contributed by atoms with Crippen LogP contribution in [-0.4, -0.2) is 19.4 Å². The largest absolute Gasteiger partial charge is 0.350 e. The summed E-state index contributed by atoms with van der Waals surface area (Å²) in [6, 6.07) is 0. The molecule has 0 unspecified atom stereocenters. The van der Waals surface area contributed by atoms with Crippen molar-refractivity contribution in [2.45, 2.75) is 40.3 Å². The Bertz CT molecular complexity index is 618. The molecule has 20 heavy (non-hydrogen) atoms. The first kappa shape index (κ1) is 16.6. The summed E-state index contributed by atoms with van der Waals surface area (Å²) in [6.45, 7) is 6.07. The van der Waals surface area contributed by atoms with E-state index in [1.165, 1.54) is 4.57 Å². The summed E-state index contributed by atoms with van der Waals surface area (Å²) in [7, 11) is 0. The van der Waals surface area contributed by atoms with Gasteiger partial charge in [0.05, 0.1) is 11.1 Å². The maximum Gasteiger partial charge on any atom is 0.350 e. The third kappa shape index (κ3) is 3.56. The molecule has 0 bridgehead atoms. The van der Waals surface area contributed by atoms with Crippen molar-refractivity contribution in [3.05, 3.63) is 37.1 Å². The lowest BCUT2D eigenvalue weighted by molar-refractivity contribution is -0.387. The molecule has 1 aromatic rings. The second kappa shape index (κ2) is 6.34. The molecular formula is C12H18BrN3O4. The molecule has 8 heteroatoms. The van der Waals surface area contributed by atoms with E-state index >= 15 is 0 Å². The molecule has 0 aromatic carbocycles. The van der Waals surface area contributed by atoms with E-state index in [1.54, 1.807) is 0 Å². The van der Waals surface area contributed by atoms with Crippen LogP contribution in [0.2, 0.25) is 0 Å². The van der Waals surface area contributed by atoms with Crippen LogP contribution in [0.1, 0.15) is 27.2 Å². The normalized spacial score (nSPS) is 11.6. The Labute approximate surface area is 124 Å². The molecule has 0 fully saturated rings. The lowest BCUT2D eigenvalue weighted by Crippen LogP contribution is -2.43. The van der Waals surface area contributed by atoms with Crippen molar-refractivity contribution in [3.8, 4) is 0 Å². The number of hydrogen-bond donors (Lipinski definition) is 0. The molecule has 1 heterocycles. The van der Waals surface area contributed by atoms with Crippen LogP contribution in [0.25, 0.3) is 0 Å². The SMILES string of the molecule is CCCn1cc([N+](=O)[O-])c(=O)n(CC(C)(C)CBr)c1=O. The van der Waals surface area contributed by atoms with Crippen LogP contribution >= 0.6 is 15.9 Å². The zero-order valence-corrected chi connectivity index (χ0v) is 13.3. The predicted molar refractivity (Wildman–Crippen MR) is 79.5 cm³/mol. The van der Waals surface area contributed by atoms with Crippen molar-refractivity contribution in [1.29, 1.82) is 0 Å². The van der Waals surface area contributed by atoms with Gasteiger partial charge in [-0.15, -0.1) is 0 Å². The molecule has 0 saturated carbocycles. The molecule has 0 N–H and O–H groups in total. The Morgan fingerprint density at radius 3 is 2.45 bits per heavy atom. The van der Waals surface area contributed by atoms with Gasteiger partial charge in [-0.3, -0.25) is 24.0 Å². The fourth-order valence-electron chi connectivity index (χ4n) is 1.77. The summed E-state index contributed by atoms with van der Waals surface area (Å²) in [5.74, 6) is 0. The average molecular weight is 348 g/mol. The van der Waals surface area contributed by atoms with Crippen LogP contribution in [-0.2, 0) is 13.1 Å². The molecule has 0 radical (unpaired) electrons. The summed E-state index contributed by atoms with van der Waals surface area (Å²) in [5, 5.41) is 11.5. The second-order valence-corrected chi connectivity index (χ2v) is 6.00. The minimum atomic E-state index is -0.846. The van der Waals surface area contributed by atoms with E-state index in [0.717, 1.165) is 10.8 Å². The van der Waals surface area contributed by atoms with Gasteiger partial charge in [-0.05, 0) is 11.8 Å². The number of nitro groups is 1. The summed E-state index contributed by atoms with van der Waals surface area (Å²) in [6.07, 6.45) is 1.68. The third-order valence-corrected chi connectivity index (χ3v) is 4.35. The van der Waals surface area contributed by atoms with E-state index in [4.69, 9.17) is 0 Å². The van der Waals surface area contributed by atoms with Crippen LogP contribution in [0, 0.1) is 15.5 Å². The van der Waals surface area contributed by atoms with Crippen molar-refractivity contribution in [2.24, 2.45) is 5.41 Å². The van der Waals surface area contributed by atoms with Crippen molar-refractivity contribution in [1.82, 2.24) is 9.13 Å². The smallest absolute Gasteiger partial charge is 0.293 e. The maximum absolute atomic E-state index is 12.2. The van der Waals surface area contributed by atoms with E-state index in [2.05, 4.69) is 15.9 Å². The van der Waals surface area contributed by atoms with Gasteiger partial charge in [0.2, 0.25) is 0 Å². The van der Waals surface area contributed by atoms with Crippen molar-refractivity contribution < 1.29 is 4.92 Å². The van der Waals surface area contributed by atoms with E-state index in [1.807, 2.05) is 20.8 Å². The standard InChI is InChI=1S/C12H18BrN3O4/c1-4-5-14-6-9(16(19)20)10(17)15(11(14)18)8-12(2,3)7-13/h6H,4-5,7-8H2,1-3H3. The first-order valence-electron chi connectivity index (χ1n) is 6.28. The number of hydrogen-bond acceptors (Lipinski definition) is 4. The van der Waals surface area contributed by atoms with Gasteiger partial charge in [0, 0.05) is 18.4 Å². The number of aryl methyl sites for hydroxylation is 1. The van der Waals surface area contributed by atoms with Gasteiger partial charge in [-0.2, -0.15) is 0 Å². The van der Waals surface area contributed by atoms with Gasteiger partial charge in [0.15, 0.2) is 0 Å². The molecule has 0 amide bonds. The monoisotopic (exact) mass is 347 g/mol. The number of rotatable bonds is 6. The first-order valence-corrected chi connectivity index (χ1v) is 7.40. The highest BCUT2D eigenvalue weighted by atomic mass is 79.9. The summed E-state index contributed by atoms with van der Waals surface area (Å²) in [5.41, 5.74) is -2.27. The summed E-state index contributed by atoms with van der Waals surface area (Å²) in [4.78, 5) is 34.5. The van der Waals surface area contributed by atoms with Crippen molar-refractivity contribution in [2.75, 3.05) is 5.33 Å². The molecule has 7 nitrogen and oxygen atoms in total. The third-order valence-electron chi connectivity index (χ3n) is 2.83.